The van der Waals surface area contributed by atoms with Gasteiger partial charge in [-0.2, -0.15) is 0 Å². The highest BCUT2D eigenvalue weighted by Crippen LogP contribution is 2.41. The highest BCUT2D eigenvalue weighted by Gasteiger charge is 2.41. The molecule has 0 radical (unpaired) electrons. The quantitative estimate of drug-likeness (QED) is 0.451. The van der Waals surface area contributed by atoms with E-state index in [-0.39, 0.29) is 39.6 Å². The van der Waals surface area contributed by atoms with Gasteiger partial charge in [0, 0.05) is 13.1 Å². The van der Waals surface area contributed by atoms with Crippen molar-refractivity contribution < 1.29 is 27.1 Å². The second-order valence-corrected chi connectivity index (χ2v) is 9.95. The molecule has 168 valence electrons. The van der Waals surface area contributed by atoms with Crippen molar-refractivity contribution in [2.45, 2.75) is 15.8 Å². The molecule has 1 saturated heterocycles. The summed E-state index contributed by atoms with van der Waals surface area (Å²) in [7, 11) is -3.99. The monoisotopic (exact) mass is 465 g/mol. The van der Waals surface area contributed by atoms with Gasteiger partial charge >= 0.3 is 5.97 Å². The fourth-order valence-corrected chi connectivity index (χ4v) is 5.75. The molecule has 2 heterocycles. The van der Waals surface area contributed by atoms with Gasteiger partial charge in [-0.1, -0.05) is 54.6 Å². The van der Waals surface area contributed by atoms with E-state index in [2.05, 4.69) is 0 Å². The van der Waals surface area contributed by atoms with Crippen molar-refractivity contribution in [2.24, 2.45) is 5.92 Å². The van der Waals surface area contributed by atoms with E-state index in [9.17, 15) is 18.3 Å². The molecule has 1 aliphatic rings. The normalized spacial score (nSPS) is 15.9. The molecule has 0 saturated carbocycles. The van der Waals surface area contributed by atoms with Crippen LogP contribution in [-0.2, 0) is 14.6 Å². The summed E-state index contributed by atoms with van der Waals surface area (Å²) in [6.45, 7) is 0.473. The molecule has 4 aromatic rings. The fraction of sp³-hybridized carbons (Fsp3) is 0.160. The van der Waals surface area contributed by atoms with Gasteiger partial charge in [0.1, 0.15) is 5.58 Å². The molecule has 8 heteroatoms. The topological polar surface area (TPSA) is 87.8 Å². The number of nitrogens with zero attached hydrogens (tertiary/aromatic N) is 1. The first-order valence-electron chi connectivity index (χ1n) is 10.4. The zero-order valence-electron chi connectivity index (χ0n) is 17.4. The minimum Gasteiger partial charge on any atom is -0.481 e. The number of aliphatic carboxylic acids is 1. The molecule has 1 aromatic heterocycles. The number of hydrogen-bond donors (Lipinski definition) is 1. The summed E-state index contributed by atoms with van der Waals surface area (Å²) in [5.74, 6) is -2.24. The van der Waals surface area contributed by atoms with E-state index in [1.165, 1.54) is 30.3 Å². The molecule has 1 aliphatic heterocycles. The van der Waals surface area contributed by atoms with Gasteiger partial charge in [0.15, 0.2) is 11.6 Å². The average molecular weight is 466 g/mol. The van der Waals surface area contributed by atoms with Crippen molar-refractivity contribution in [2.75, 3.05) is 13.1 Å². The lowest BCUT2D eigenvalue weighted by molar-refractivity contribution is -0.148. The first-order chi connectivity index (χ1) is 15.9. The number of hydrogen-bond acceptors (Lipinski definition) is 5. The van der Waals surface area contributed by atoms with Crippen molar-refractivity contribution in [3.63, 3.8) is 0 Å². The van der Waals surface area contributed by atoms with Crippen LogP contribution >= 0.6 is 0 Å². The Hall–Kier alpha value is -3.49. The Bertz CT molecular complexity index is 1430. The van der Waals surface area contributed by atoms with Gasteiger partial charge in [-0.25, -0.2) is 12.8 Å². The van der Waals surface area contributed by atoms with Crippen molar-refractivity contribution in [3.05, 3.63) is 96.0 Å². The standard InChI is InChI=1S/C25H20FNO5S/c26-22-21-19(12-7-13-20(21)33(30,31)18-10-5-2-6-11-18)32-24(22)23(16-8-3-1-4-9-16)27-14-17(15-27)25(28)29/h1-13,17,23H,14-15H2,(H,28,29). The summed E-state index contributed by atoms with van der Waals surface area (Å²) < 4.78 is 48.4. The third-order valence-corrected chi connectivity index (χ3v) is 7.79. The number of likely N-dealkylation sites (tertiary alicyclic amines) is 1. The molecule has 5 rings (SSSR count). The number of carboxylic acids is 1. The molecule has 6 nitrogen and oxygen atoms in total. The molecule has 0 amide bonds. The third-order valence-electron chi connectivity index (χ3n) is 5.97. The summed E-state index contributed by atoms with van der Waals surface area (Å²) in [5.41, 5.74) is 0.850. The van der Waals surface area contributed by atoms with Gasteiger partial charge < -0.3 is 9.52 Å². The van der Waals surface area contributed by atoms with Crippen molar-refractivity contribution >= 4 is 26.8 Å². The van der Waals surface area contributed by atoms with E-state index in [0.29, 0.717) is 0 Å². The molecular formula is C25H20FNO5S. The maximum Gasteiger partial charge on any atom is 0.309 e. The Labute approximate surface area is 189 Å². The zero-order valence-corrected chi connectivity index (χ0v) is 18.2. The van der Waals surface area contributed by atoms with E-state index in [0.717, 1.165) is 5.56 Å². The first kappa shape index (κ1) is 21.4. The third kappa shape index (κ3) is 3.61. The second kappa shape index (κ2) is 8.13. The maximum absolute atomic E-state index is 15.9. The van der Waals surface area contributed by atoms with Crippen molar-refractivity contribution in [3.8, 4) is 0 Å². The van der Waals surface area contributed by atoms with Gasteiger partial charge in [-0.05, 0) is 29.8 Å². The van der Waals surface area contributed by atoms with Crippen LogP contribution in [-0.4, -0.2) is 37.5 Å². The van der Waals surface area contributed by atoms with Crippen LogP contribution in [0, 0.1) is 11.7 Å². The Morgan fingerprint density at radius 2 is 1.61 bits per heavy atom. The number of rotatable bonds is 6. The second-order valence-electron chi connectivity index (χ2n) is 8.03. The largest absolute Gasteiger partial charge is 0.481 e. The van der Waals surface area contributed by atoms with E-state index in [1.54, 1.807) is 18.2 Å². The minimum atomic E-state index is -3.99. The van der Waals surface area contributed by atoms with Crippen LogP contribution in [0.1, 0.15) is 17.4 Å². The molecule has 1 unspecified atom stereocenters. The lowest BCUT2D eigenvalue weighted by Crippen LogP contribution is -2.52. The number of sulfone groups is 1. The molecule has 0 spiro atoms. The molecular weight excluding hydrogens is 445 g/mol. The van der Waals surface area contributed by atoms with Crippen LogP contribution in [0.5, 0.6) is 0 Å². The molecule has 0 aliphatic carbocycles. The first-order valence-corrected chi connectivity index (χ1v) is 11.9. The number of furan rings is 1. The van der Waals surface area contributed by atoms with Crippen LogP contribution in [0.4, 0.5) is 4.39 Å². The van der Waals surface area contributed by atoms with Gasteiger partial charge in [-0.3, -0.25) is 9.69 Å². The van der Waals surface area contributed by atoms with E-state index >= 15 is 4.39 Å². The van der Waals surface area contributed by atoms with Crippen molar-refractivity contribution in [1.29, 1.82) is 0 Å². The molecule has 1 atom stereocenters. The van der Waals surface area contributed by atoms with E-state index in [4.69, 9.17) is 4.42 Å². The summed E-state index contributed by atoms with van der Waals surface area (Å²) in [4.78, 5) is 13.0. The van der Waals surface area contributed by atoms with Crippen LogP contribution in [0.3, 0.4) is 0 Å². The van der Waals surface area contributed by atoms with Gasteiger partial charge in [-0.15, -0.1) is 0 Å². The zero-order chi connectivity index (χ0) is 23.2. The fourth-order valence-electron chi connectivity index (χ4n) is 4.27. The number of carboxylic acid groups (broad SMARTS) is 1. The number of carbonyl (C=O) groups is 1. The summed E-state index contributed by atoms with van der Waals surface area (Å²) >= 11 is 0. The highest BCUT2D eigenvalue weighted by molar-refractivity contribution is 7.91. The summed E-state index contributed by atoms with van der Waals surface area (Å²) in [6, 6.07) is 20.7. The number of benzene rings is 3. The lowest BCUT2D eigenvalue weighted by Gasteiger charge is -2.41. The van der Waals surface area contributed by atoms with Crippen LogP contribution in [0.2, 0.25) is 0 Å². The van der Waals surface area contributed by atoms with Crippen molar-refractivity contribution in [1.82, 2.24) is 4.90 Å². The highest BCUT2D eigenvalue weighted by atomic mass is 32.2. The Morgan fingerprint density at radius 1 is 0.970 bits per heavy atom. The van der Waals surface area contributed by atoms with Gasteiger partial charge in [0.05, 0.1) is 27.1 Å². The average Bonchev–Trinajstić information content (AvgIpc) is 3.13. The molecule has 3 aromatic carbocycles. The molecule has 33 heavy (non-hydrogen) atoms. The van der Waals surface area contributed by atoms with Crippen LogP contribution < -0.4 is 0 Å². The molecule has 0 bridgehead atoms. The summed E-state index contributed by atoms with van der Waals surface area (Å²) in [5, 5.41) is 9.18. The minimum absolute atomic E-state index is 0.0317. The Kier molecular flexibility index (Phi) is 5.26. The smallest absolute Gasteiger partial charge is 0.309 e. The number of fused-ring (bicyclic) bond motifs is 1. The predicted octanol–water partition coefficient (Wildman–Crippen LogP) is 4.51. The SMILES string of the molecule is O=C(O)C1CN(C(c2ccccc2)c2oc3cccc(S(=O)(=O)c4ccccc4)c3c2F)C1. The van der Waals surface area contributed by atoms with E-state index < -0.39 is 33.6 Å². The lowest BCUT2D eigenvalue weighted by atomic mass is 9.93. The van der Waals surface area contributed by atoms with Crippen LogP contribution in [0.15, 0.2) is 93.1 Å². The van der Waals surface area contributed by atoms with E-state index in [1.807, 2.05) is 35.2 Å². The molecule has 1 N–H and O–H groups in total. The number of halogens is 1. The molecule has 1 fully saturated rings. The predicted molar refractivity (Wildman–Crippen MR) is 119 cm³/mol. The maximum atomic E-state index is 15.9. The van der Waals surface area contributed by atoms with Crippen LogP contribution in [0.25, 0.3) is 11.0 Å². The van der Waals surface area contributed by atoms with Gasteiger partial charge in [0.2, 0.25) is 9.84 Å². The van der Waals surface area contributed by atoms with Gasteiger partial charge in [0.25, 0.3) is 0 Å². The Morgan fingerprint density at radius 3 is 2.24 bits per heavy atom. The summed E-state index contributed by atoms with van der Waals surface area (Å²) in [6.07, 6.45) is 0. The Balaban J connectivity index is 1.66.